The zero-order chi connectivity index (χ0) is 16.8. The van der Waals surface area contributed by atoms with E-state index in [4.69, 9.17) is 0 Å². The van der Waals surface area contributed by atoms with Crippen LogP contribution < -0.4 is 0 Å². The van der Waals surface area contributed by atoms with E-state index in [1.807, 2.05) is 13.8 Å². The number of hydrogen-bond donors (Lipinski definition) is 1. The second kappa shape index (κ2) is 5.41. The van der Waals surface area contributed by atoms with Crippen LogP contribution in [0.25, 0.3) is 11.3 Å². The monoisotopic (exact) mass is 317 g/mol. The number of phenols is 1. The number of carbonyl (C=O) groups is 1. The number of fused-ring (bicyclic) bond motifs is 1. The number of nitrogens with zero attached hydrogens (tertiary/aromatic N) is 1. The van der Waals surface area contributed by atoms with Crippen molar-refractivity contribution >= 4 is 5.78 Å². The minimum absolute atomic E-state index is 0.0726. The molecule has 120 valence electrons. The van der Waals surface area contributed by atoms with Crippen molar-refractivity contribution in [2.75, 3.05) is 0 Å². The van der Waals surface area contributed by atoms with Gasteiger partial charge in [0.25, 0.3) is 0 Å². The summed E-state index contributed by atoms with van der Waals surface area (Å²) in [5.41, 5.74) is 1.50. The smallest absolute Gasteiger partial charge is 0.187 e. The molecule has 3 rings (SSSR count). The molecule has 0 unspecified atom stereocenters. The molecule has 2 aromatic rings. The number of rotatable bonds is 2. The number of benzene rings is 1. The van der Waals surface area contributed by atoms with Gasteiger partial charge in [0.2, 0.25) is 0 Å². The number of aromatic nitrogens is 1. The highest BCUT2D eigenvalue weighted by molar-refractivity contribution is 6.02. The molecule has 5 heteroatoms. The van der Waals surface area contributed by atoms with E-state index in [0.717, 1.165) is 18.6 Å². The third kappa shape index (κ3) is 2.50. The predicted octanol–water partition coefficient (Wildman–Crippen LogP) is 4.28. The number of aryl methyl sites for hydroxylation is 1. The zero-order valence-electron chi connectivity index (χ0n) is 13.0. The fourth-order valence-electron chi connectivity index (χ4n) is 2.94. The van der Waals surface area contributed by atoms with E-state index in [1.54, 1.807) is 12.1 Å². The molecular formula is C18H17F2NO2. The van der Waals surface area contributed by atoms with Crippen LogP contribution in [0.15, 0.2) is 24.3 Å². The van der Waals surface area contributed by atoms with E-state index in [0.29, 0.717) is 29.8 Å². The first kappa shape index (κ1) is 15.6. The van der Waals surface area contributed by atoms with Crippen LogP contribution in [0.2, 0.25) is 0 Å². The molecule has 0 saturated carbocycles. The first-order valence-electron chi connectivity index (χ1n) is 7.59. The average molecular weight is 317 g/mol. The summed E-state index contributed by atoms with van der Waals surface area (Å²) in [6, 6.07) is 5.33. The number of ketones is 1. The topological polar surface area (TPSA) is 50.2 Å². The number of aromatic hydroxyl groups is 1. The Morgan fingerprint density at radius 1 is 1.26 bits per heavy atom. The molecule has 0 saturated heterocycles. The molecule has 3 nitrogen and oxygen atoms in total. The number of pyridine rings is 1. The lowest BCUT2D eigenvalue weighted by atomic mass is 9.71. The molecule has 0 amide bonds. The van der Waals surface area contributed by atoms with Gasteiger partial charge in [0.15, 0.2) is 23.2 Å². The fraction of sp³-hybridized carbons (Fsp3) is 0.333. The third-order valence-corrected chi connectivity index (χ3v) is 4.77. The Labute approximate surface area is 133 Å². The second-order valence-corrected chi connectivity index (χ2v) is 6.22. The van der Waals surface area contributed by atoms with Crippen molar-refractivity contribution < 1.29 is 18.7 Å². The summed E-state index contributed by atoms with van der Waals surface area (Å²) in [5, 5.41) is 9.17. The highest BCUT2D eigenvalue weighted by atomic mass is 19.1. The van der Waals surface area contributed by atoms with Crippen molar-refractivity contribution in [3.8, 4) is 17.0 Å². The Morgan fingerprint density at radius 3 is 2.52 bits per heavy atom. The minimum Gasteiger partial charge on any atom is -0.503 e. The number of hydrogen-bond acceptors (Lipinski definition) is 3. The van der Waals surface area contributed by atoms with Gasteiger partial charge in [-0.3, -0.25) is 9.78 Å². The van der Waals surface area contributed by atoms with Crippen LogP contribution in [0.5, 0.6) is 5.75 Å². The fourth-order valence-corrected chi connectivity index (χ4v) is 2.94. The summed E-state index contributed by atoms with van der Waals surface area (Å²) in [6.07, 6.45) is 2.13. The van der Waals surface area contributed by atoms with Crippen LogP contribution in [0.4, 0.5) is 8.78 Å². The normalized spacial score (nSPS) is 20.4. The summed E-state index contributed by atoms with van der Waals surface area (Å²) < 4.78 is 27.0. The molecule has 1 N–H and O–H groups in total. The Bertz CT molecular complexity index is 781. The molecule has 0 bridgehead atoms. The van der Waals surface area contributed by atoms with Crippen LogP contribution in [0.1, 0.15) is 42.7 Å². The first-order valence-corrected chi connectivity index (χ1v) is 7.59. The lowest BCUT2D eigenvalue weighted by molar-refractivity contribution is 0.0776. The molecule has 1 atom stereocenters. The lowest BCUT2D eigenvalue weighted by Crippen LogP contribution is -2.33. The first-order chi connectivity index (χ1) is 10.9. The maximum Gasteiger partial charge on any atom is 0.187 e. The molecule has 0 radical (unpaired) electrons. The SMILES string of the molecule is CC[C@]1(C)CCc2nc(-c3cc(F)c(O)c(F)c3)ccc2C1=O. The molecular weight excluding hydrogens is 300 g/mol. The van der Waals surface area contributed by atoms with E-state index in [2.05, 4.69) is 4.98 Å². The summed E-state index contributed by atoms with van der Waals surface area (Å²) in [4.78, 5) is 17.0. The van der Waals surface area contributed by atoms with Crippen molar-refractivity contribution in [3.05, 3.63) is 47.2 Å². The number of halogens is 2. The van der Waals surface area contributed by atoms with Gasteiger partial charge in [0.1, 0.15) is 0 Å². The molecule has 1 aliphatic carbocycles. The van der Waals surface area contributed by atoms with Gasteiger partial charge in [-0.05, 0) is 43.5 Å². The molecule has 23 heavy (non-hydrogen) atoms. The van der Waals surface area contributed by atoms with Gasteiger partial charge in [-0.25, -0.2) is 8.78 Å². The van der Waals surface area contributed by atoms with Crippen LogP contribution >= 0.6 is 0 Å². The highest BCUT2D eigenvalue weighted by Gasteiger charge is 2.37. The maximum atomic E-state index is 13.5. The molecule has 1 aromatic heterocycles. The largest absolute Gasteiger partial charge is 0.503 e. The molecule has 1 aromatic carbocycles. The molecule has 0 aliphatic heterocycles. The van der Waals surface area contributed by atoms with Gasteiger partial charge in [-0.1, -0.05) is 13.8 Å². The van der Waals surface area contributed by atoms with E-state index in [-0.39, 0.29) is 16.8 Å². The summed E-state index contributed by atoms with van der Waals surface area (Å²) in [5.74, 6) is -2.99. The quantitative estimate of drug-likeness (QED) is 0.899. The van der Waals surface area contributed by atoms with Crippen molar-refractivity contribution in [2.45, 2.75) is 33.1 Å². The van der Waals surface area contributed by atoms with Gasteiger partial charge in [-0.15, -0.1) is 0 Å². The van der Waals surface area contributed by atoms with E-state index in [1.165, 1.54) is 0 Å². The minimum atomic E-state index is -1.03. The van der Waals surface area contributed by atoms with E-state index >= 15 is 0 Å². The summed E-state index contributed by atoms with van der Waals surface area (Å²) in [6.45, 7) is 3.95. The summed E-state index contributed by atoms with van der Waals surface area (Å²) >= 11 is 0. The van der Waals surface area contributed by atoms with Crippen molar-refractivity contribution in [1.29, 1.82) is 0 Å². The Morgan fingerprint density at radius 2 is 1.91 bits per heavy atom. The Balaban J connectivity index is 2.05. The van der Waals surface area contributed by atoms with Crippen molar-refractivity contribution in [3.63, 3.8) is 0 Å². The highest BCUT2D eigenvalue weighted by Crippen LogP contribution is 2.38. The maximum absolute atomic E-state index is 13.5. The molecule has 1 heterocycles. The van der Waals surface area contributed by atoms with Crippen LogP contribution in [-0.2, 0) is 6.42 Å². The second-order valence-electron chi connectivity index (χ2n) is 6.22. The van der Waals surface area contributed by atoms with Gasteiger partial charge < -0.3 is 5.11 Å². The predicted molar refractivity (Wildman–Crippen MR) is 82.3 cm³/mol. The van der Waals surface area contributed by atoms with Gasteiger partial charge >= 0.3 is 0 Å². The van der Waals surface area contributed by atoms with Gasteiger partial charge in [0.05, 0.1) is 11.4 Å². The summed E-state index contributed by atoms with van der Waals surface area (Å²) in [7, 11) is 0. The molecule has 0 fully saturated rings. The van der Waals surface area contributed by atoms with Crippen molar-refractivity contribution in [2.24, 2.45) is 5.41 Å². The zero-order valence-corrected chi connectivity index (χ0v) is 13.0. The van der Waals surface area contributed by atoms with Crippen LogP contribution in [0, 0.1) is 17.0 Å². The average Bonchev–Trinajstić information content (AvgIpc) is 2.55. The van der Waals surface area contributed by atoms with Crippen LogP contribution in [0.3, 0.4) is 0 Å². The number of Topliss-reactive ketones (excluding diaryl/α,β-unsaturated/α-hetero) is 1. The number of phenolic OH excluding ortho intramolecular Hbond substituents is 1. The number of carbonyl (C=O) groups excluding carboxylic acids is 1. The van der Waals surface area contributed by atoms with Crippen LogP contribution in [-0.4, -0.2) is 15.9 Å². The van der Waals surface area contributed by atoms with Crippen molar-refractivity contribution in [1.82, 2.24) is 4.98 Å². The van der Waals surface area contributed by atoms with E-state index in [9.17, 15) is 18.7 Å². The molecule has 0 spiro atoms. The third-order valence-electron chi connectivity index (χ3n) is 4.77. The van der Waals surface area contributed by atoms with Gasteiger partial charge in [-0.2, -0.15) is 0 Å². The molecule has 1 aliphatic rings. The van der Waals surface area contributed by atoms with Gasteiger partial charge in [0, 0.05) is 16.5 Å². The lowest BCUT2D eigenvalue weighted by Gasteiger charge is -2.31. The Hall–Kier alpha value is -2.30. The van der Waals surface area contributed by atoms with E-state index < -0.39 is 17.4 Å². The Kier molecular flexibility index (Phi) is 3.66. The standard InChI is InChI=1S/C18H17F2NO2/c1-3-18(2)7-6-15-11(17(18)23)4-5-14(21-15)10-8-12(19)16(22)13(20)9-10/h4-5,8-9,22H,3,6-7H2,1-2H3/t18-/m1/s1.